The highest BCUT2D eigenvalue weighted by Gasteiger charge is 2.23. The van der Waals surface area contributed by atoms with Crippen LogP contribution in [0.15, 0.2) is 18.3 Å². The van der Waals surface area contributed by atoms with E-state index in [-0.39, 0.29) is 17.7 Å². The molecular weight excluding hydrogens is 282 g/mol. The molecule has 0 saturated carbocycles. The second kappa shape index (κ2) is 7.74. The van der Waals surface area contributed by atoms with Crippen molar-refractivity contribution in [3.63, 3.8) is 0 Å². The Kier molecular flexibility index (Phi) is 5.71. The Morgan fingerprint density at radius 2 is 2.32 bits per heavy atom. The van der Waals surface area contributed by atoms with E-state index < -0.39 is 0 Å². The van der Waals surface area contributed by atoms with Crippen LogP contribution in [0.25, 0.3) is 0 Å². The van der Waals surface area contributed by atoms with Crippen molar-refractivity contribution in [1.82, 2.24) is 15.2 Å². The fraction of sp³-hybridized carbons (Fsp3) is 0.533. The summed E-state index contributed by atoms with van der Waals surface area (Å²) in [5.41, 5.74) is 5.91. The Bertz CT molecular complexity index is 534. The van der Waals surface area contributed by atoms with Crippen LogP contribution >= 0.6 is 0 Å². The minimum atomic E-state index is -0.218. The molecule has 1 aliphatic heterocycles. The van der Waals surface area contributed by atoms with Crippen molar-refractivity contribution >= 4 is 17.6 Å². The lowest BCUT2D eigenvalue weighted by Crippen LogP contribution is -2.42. The van der Waals surface area contributed by atoms with Gasteiger partial charge in [0.25, 0.3) is 5.91 Å². The van der Waals surface area contributed by atoms with E-state index >= 15 is 0 Å². The number of piperidine rings is 1. The molecule has 2 amide bonds. The maximum atomic E-state index is 11.8. The van der Waals surface area contributed by atoms with E-state index in [1.54, 1.807) is 25.4 Å². The lowest BCUT2D eigenvalue weighted by atomic mass is 9.97. The van der Waals surface area contributed by atoms with Crippen molar-refractivity contribution in [3.05, 3.63) is 23.9 Å². The van der Waals surface area contributed by atoms with Crippen LogP contribution in [0.1, 0.15) is 23.2 Å². The summed E-state index contributed by atoms with van der Waals surface area (Å²) in [4.78, 5) is 29.5. The van der Waals surface area contributed by atoms with Gasteiger partial charge in [-0.15, -0.1) is 0 Å². The lowest BCUT2D eigenvalue weighted by Gasteiger charge is -2.31. The normalized spacial score (nSPS) is 18.7. The van der Waals surface area contributed by atoms with Gasteiger partial charge in [-0.05, 0) is 31.5 Å². The standard InChI is InChI=1S/C15H23N5O2/c1-17-15(22)12-5-2-6-18-14(12)19-7-9-20-8-3-4-11(10-20)13(16)21/h2,5-6,11H,3-4,7-10H2,1H3,(H2,16,21)(H,17,22)(H,18,19). The molecule has 4 N–H and O–H groups in total. The van der Waals surface area contributed by atoms with Gasteiger partial charge >= 0.3 is 0 Å². The van der Waals surface area contributed by atoms with Crippen molar-refractivity contribution in [2.75, 3.05) is 38.5 Å². The highest BCUT2D eigenvalue weighted by atomic mass is 16.2. The number of primary amides is 1. The van der Waals surface area contributed by atoms with Crippen molar-refractivity contribution in [2.45, 2.75) is 12.8 Å². The second-order valence-corrected chi connectivity index (χ2v) is 5.45. The molecule has 0 aliphatic carbocycles. The number of pyridine rings is 1. The zero-order chi connectivity index (χ0) is 15.9. The molecule has 1 unspecified atom stereocenters. The first-order valence-corrected chi connectivity index (χ1v) is 7.54. The molecule has 2 rings (SSSR count). The van der Waals surface area contributed by atoms with E-state index in [1.807, 2.05) is 0 Å². The maximum Gasteiger partial charge on any atom is 0.254 e. The highest BCUT2D eigenvalue weighted by molar-refractivity contribution is 5.98. The number of hydrogen-bond donors (Lipinski definition) is 3. The Morgan fingerprint density at radius 3 is 3.05 bits per heavy atom. The van der Waals surface area contributed by atoms with Crippen molar-refractivity contribution < 1.29 is 9.59 Å². The molecule has 1 aromatic rings. The number of hydrogen-bond acceptors (Lipinski definition) is 5. The molecule has 0 bridgehead atoms. The molecule has 22 heavy (non-hydrogen) atoms. The number of aromatic nitrogens is 1. The quantitative estimate of drug-likeness (QED) is 0.689. The van der Waals surface area contributed by atoms with Crippen LogP contribution in [0.2, 0.25) is 0 Å². The first-order valence-electron chi connectivity index (χ1n) is 7.54. The monoisotopic (exact) mass is 305 g/mol. The molecule has 0 spiro atoms. The summed E-state index contributed by atoms with van der Waals surface area (Å²) >= 11 is 0. The summed E-state index contributed by atoms with van der Waals surface area (Å²) in [5, 5.41) is 5.79. The SMILES string of the molecule is CNC(=O)c1cccnc1NCCN1CCCC(C(N)=O)C1. The van der Waals surface area contributed by atoms with E-state index in [4.69, 9.17) is 5.73 Å². The van der Waals surface area contributed by atoms with Gasteiger partial charge in [-0.2, -0.15) is 0 Å². The van der Waals surface area contributed by atoms with Gasteiger partial charge in [-0.25, -0.2) is 4.98 Å². The molecule has 1 aliphatic rings. The molecule has 7 nitrogen and oxygen atoms in total. The molecule has 2 heterocycles. The average molecular weight is 305 g/mol. The fourth-order valence-electron chi connectivity index (χ4n) is 2.69. The van der Waals surface area contributed by atoms with E-state index in [9.17, 15) is 9.59 Å². The van der Waals surface area contributed by atoms with Crippen molar-refractivity contribution in [2.24, 2.45) is 11.7 Å². The van der Waals surface area contributed by atoms with Gasteiger partial charge in [0, 0.05) is 32.9 Å². The number of amides is 2. The van der Waals surface area contributed by atoms with Gasteiger partial charge in [-0.1, -0.05) is 0 Å². The van der Waals surface area contributed by atoms with Gasteiger partial charge in [0.1, 0.15) is 5.82 Å². The van der Waals surface area contributed by atoms with Crippen LogP contribution in [-0.2, 0) is 4.79 Å². The smallest absolute Gasteiger partial charge is 0.254 e. The van der Waals surface area contributed by atoms with Crippen LogP contribution in [0, 0.1) is 5.92 Å². The summed E-state index contributed by atoms with van der Waals surface area (Å²) < 4.78 is 0. The van der Waals surface area contributed by atoms with Crippen molar-refractivity contribution in [1.29, 1.82) is 0 Å². The summed E-state index contributed by atoms with van der Waals surface area (Å²) in [7, 11) is 1.59. The fourth-order valence-corrected chi connectivity index (χ4v) is 2.69. The predicted molar refractivity (Wildman–Crippen MR) is 84.5 cm³/mol. The first-order chi connectivity index (χ1) is 10.6. The Balaban J connectivity index is 1.86. The van der Waals surface area contributed by atoms with E-state index in [1.165, 1.54) is 0 Å². The zero-order valence-electron chi connectivity index (χ0n) is 12.8. The molecule has 1 aromatic heterocycles. The van der Waals surface area contributed by atoms with Gasteiger partial charge < -0.3 is 21.3 Å². The van der Waals surface area contributed by atoms with Gasteiger partial charge in [-0.3, -0.25) is 9.59 Å². The summed E-state index contributed by atoms with van der Waals surface area (Å²) in [5.74, 6) is 0.141. The van der Waals surface area contributed by atoms with Gasteiger partial charge in [0.2, 0.25) is 5.91 Å². The first kappa shape index (κ1) is 16.2. The molecule has 1 fully saturated rings. The molecule has 0 radical (unpaired) electrons. The van der Waals surface area contributed by atoms with Crippen LogP contribution in [0.3, 0.4) is 0 Å². The minimum Gasteiger partial charge on any atom is -0.369 e. The van der Waals surface area contributed by atoms with Crippen molar-refractivity contribution in [3.8, 4) is 0 Å². The number of rotatable bonds is 6. The van der Waals surface area contributed by atoms with Gasteiger partial charge in [0.15, 0.2) is 0 Å². The van der Waals surface area contributed by atoms with E-state index in [0.717, 1.165) is 25.9 Å². The van der Waals surface area contributed by atoms with Crippen LogP contribution in [0.4, 0.5) is 5.82 Å². The number of nitrogens with one attached hydrogen (secondary N) is 2. The zero-order valence-corrected chi connectivity index (χ0v) is 12.8. The van der Waals surface area contributed by atoms with E-state index in [0.29, 0.717) is 24.5 Å². The van der Waals surface area contributed by atoms with Crippen LogP contribution < -0.4 is 16.4 Å². The number of likely N-dealkylation sites (tertiary alicyclic amines) is 1. The highest BCUT2D eigenvalue weighted by Crippen LogP contribution is 2.16. The Labute approximate surface area is 130 Å². The molecule has 1 atom stereocenters. The third kappa shape index (κ3) is 4.17. The summed E-state index contributed by atoms with van der Waals surface area (Å²) in [6.45, 7) is 3.12. The van der Waals surface area contributed by atoms with Gasteiger partial charge in [0.05, 0.1) is 11.5 Å². The minimum absolute atomic E-state index is 0.0509. The van der Waals surface area contributed by atoms with E-state index in [2.05, 4.69) is 20.5 Å². The Morgan fingerprint density at radius 1 is 1.50 bits per heavy atom. The molecule has 120 valence electrons. The lowest BCUT2D eigenvalue weighted by molar-refractivity contribution is -0.123. The average Bonchev–Trinajstić information content (AvgIpc) is 2.55. The topological polar surface area (TPSA) is 100 Å². The maximum absolute atomic E-state index is 11.8. The number of carbonyl (C=O) groups is 2. The summed E-state index contributed by atoms with van der Waals surface area (Å²) in [6.07, 6.45) is 3.51. The molecular formula is C15H23N5O2. The molecule has 0 aromatic carbocycles. The molecule has 1 saturated heterocycles. The second-order valence-electron chi connectivity index (χ2n) is 5.45. The third-order valence-corrected chi connectivity index (χ3v) is 3.91. The predicted octanol–water partition coefficient (Wildman–Crippen LogP) is 0.0504. The van der Waals surface area contributed by atoms with Crippen LogP contribution in [0.5, 0.6) is 0 Å². The summed E-state index contributed by atoms with van der Waals surface area (Å²) in [6, 6.07) is 3.47. The Hall–Kier alpha value is -2.15. The largest absolute Gasteiger partial charge is 0.369 e. The number of nitrogens with two attached hydrogens (primary N) is 1. The molecule has 7 heteroatoms. The van der Waals surface area contributed by atoms with Crippen LogP contribution in [-0.4, -0.2) is 54.9 Å². The number of carbonyl (C=O) groups excluding carboxylic acids is 2. The number of anilines is 1. The third-order valence-electron chi connectivity index (χ3n) is 3.91. The number of nitrogens with zero attached hydrogens (tertiary/aromatic N) is 2.